The maximum Gasteiger partial charge on any atom is 0.342 e. The van der Waals surface area contributed by atoms with E-state index in [-0.39, 0.29) is 11.3 Å². The van der Waals surface area contributed by atoms with E-state index in [0.29, 0.717) is 22.5 Å². The van der Waals surface area contributed by atoms with Crippen molar-refractivity contribution in [3.05, 3.63) is 70.3 Å². The molecule has 0 unspecified atom stereocenters. The van der Waals surface area contributed by atoms with Crippen molar-refractivity contribution in [3.63, 3.8) is 0 Å². The van der Waals surface area contributed by atoms with Crippen molar-refractivity contribution < 1.29 is 23.9 Å². The third-order valence-electron chi connectivity index (χ3n) is 4.96. The Hall–Kier alpha value is -3.68. The van der Waals surface area contributed by atoms with E-state index < -0.39 is 23.8 Å². The van der Waals surface area contributed by atoms with Crippen LogP contribution >= 0.6 is 0 Å². The minimum absolute atomic E-state index is 0.213. The number of nitrogens with one attached hydrogen (secondary N) is 1. The molecule has 1 atom stereocenters. The molecule has 0 spiro atoms. The number of carbonyl (C=O) groups is 3. The molecule has 0 aliphatic carbocycles. The van der Waals surface area contributed by atoms with Gasteiger partial charge in [0.25, 0.3) is 0 Å². The second-order valence-corrected chi connectivity index (χ2v) is 6.92. The molecule has 0 aliphatic rings. The van der Waals surface area contributed by atoms with Crippen molar-refractivity contribution in [1.82, 2.24) is 14.8 Å². The average molecular weight is 409 g/mol. The second kappa shape index (κ2) is 8.36. The molecule has 0 saturated carbocycles. The highest BCUT2D eigenvalue weighted by Gasteiger charge is 2.28. The molecule has 3 aromatic rings. The SMILES string of the molecule is COC(=O)c1c(C)[nH]c(C(=O)[C@@H](C)OC(=O)c2cnn(-c3ccccc3)c2C)c1C. The predicted octanol–water partition coefficient (Wildman–Crippen LogP) is 3.34. The summed E-state index contributed by atoms with van der Waals surface area (Å²) < 4.78 is 11.8. The molecule has 3 rings (SSSR count). The Morgan fingerprint density at radius 1 is 1.07 bits per heavy atom. The predicted molar refractivity (Wildman–Crippen MR) is 109 cm³/mol. The average Bonchev–Trinajstić information content (AvgIpc) is 3.26. The number of Topliss-reactive ketones (excluding diaryl/α,β-unsaturated/α-hetero) is 1. The first-order valence-electron chi connectivity index (χ1n) is 9.39. The van der Waals surface area contributed by atoms with Crippen LogP contribution in [0.2, 0.25) is 0 Å². The molecule has 0 aliphatic heterocycles. The highest BCUT2D eigenvalue weighted by molar-refractivity contribution is 6.04. The normalized spacial score (nSPS) is 11.8. The zero-order valence-corrected chi connectivity index (χ0v) is 17.5. The molecule has 2 heterocycles. The summed E-state index contributed by atoms with van der Waals surface area (Å²) in [5, 5.41) is 4.25. The summed E-state index contributed by atoms with van der Waals surface area (Å²) in [7, 11) is 1.28. The molecule has 8 heteroatoms. The first-order chi connectivity index (χ1) is 14.3. The molecule has 0 saturated heterocycles. The fourth-order valence-electron chi connectivity index (χ4n) is 3.32. The maximum atomic E-state index is 12.8. The number of aromatic nitrogens is 3. The lowest BCUT2D eigenvalue weighted by Gasteiger charge is -2.12. The van der Waals surface area contributed by atoms with Crippen LogP contribution in [-0.2, 0) is 9.47 Å². The second-order valence-electron chi connectivity index (χ2n) is 6.92. The number of esters is 2. The van der Waals surface area contributed by atoms with Gasteiger partial charge in [-0.3, -0.25) is 4.79 Å². The van der Waals surface area contributed by atoms with E-state index in [1.165, 1.54) is 20.2 Å². The third kappa shape index (κ3) is 3.76. The lowest BCUT2D eigenvalue weighted by molar-refractivity contribution is 0.0316. The van der Waals surface area contributed by atoms with Crippen molar-refractivity contribution in [1.29, 1.82) is 0 Å². The molecule has 156 valence electrons. The lowest BCUT2D eigenvalue weighted by Crippen LogP contribution is -2.25. The van der Waals surface area contributed by atoms with Gasteiger partial charge in [-0.2, -0.15) is 5.10 Å². The Kier molecular flexibility index (Phi) is 5.86. The number of hydrogen-bond donors (Lipinski definition) is 1. The van der Waals surface area contributed by atoms with Gasteiger partial charge in [0, 0.05) is 5.69 Å². The van der Waals surface area contributed by atoms with Crippen LogP contribution in [-0.4, -0.2) is 45.7 Å². The quantitative estimate of drug-likeness (QED) is 0.495. The summed E-state index contributed by atoms with van der Waals surface area (Å²) in [5.41, 5.74) is 3.18. The largest absolute Gasteiger partial charge is 0.465 e. The van der Waals surface area contributed by atoms with Crippen LogP contribution in [0.1, 0.15) is 55.1 Å². The van der Waals surface area contributed by atoms with E-state index in [2.05, 4.69) is 10.1 Å². The van der Waals surface area contributed by atoms with Gasteiger partial charge >= 0.3 is 11.9 Å². The van der Waals surface area contributed by atoms with Gasteiger partial charge in [0.15, 0.2) is 6.10 Å². The number of benzene rings is 1. The molecule has 1 N–H and O–H groups in total. The lowest BCUT2D eigenvalue weighted by atomic mass is 10.1. The van der Waals surface area contributed by atoms with Gasteiger partial charge in [0.05, 0.1) is 35.9 Å². The first kappa shape index (κ1) is 21.0. The Morgan fingerprint density at radius 2 is 1.73 bits per heavy atom. The van der Waals surface area contributed by atoms with E-state index in [1.807, 2.05) is 30.3 Å². The summed E-state index contributed by atoms with van der Waals surface area (Å²) in [6, 6.07) is 9.38. The van der Waals surface area contributed by atoms with Crippen molar-refractivity contribution in [2.24, 2.45) is 0 Å². The minimum Gasteiger partial charge on any atom is -0.465 e. The zero-order chi connectivity index (χ0) is 22.0. The number of hydrogen-bond acceptors (Lipinski definition) is 6. The molecule has 0 amide bonds. The Balaban J connectivity index is 1.79. The van der Waals surface area contributed by atoms with Gasteiger partial charge in [-0.25, -0.2) is 14.3 Å². The molecule has 0 radical (unpaired) electrons. The number of aryl methyl sites for hydroxylation is 1. The number of H-pyrrole nitrogens is 1. The number of nitrogens with zero attached hydrogens (tertiary/aromatic N) is 2. The van der Waals surface area contributed by atoms with Crippen LogP contribution in [0.3, 0.4) is 0 Å². The van der Waals surface area contributed by atoms with Crippen LogP contribution in [0.15, 0.2) is 36.5 Å². The van der Waals surface area contributed by atoms with E-state index in [1.54, 1.807) is 25.5 Å². The highest BCUT2D eigenvalue weighted by atomic mass is 16.5. The fraction of sp³-hybridized carbons (Fsp3) is 0.273. The highest BCUT2D eigenvalue weighted by Crippen LogP contribution is 2.22. The third-order valence-corrected chi connectivity index (χ3v) is 4.96. The van der Waals surface area contributed by atoms with Gasteiger partial charge in [-0.1, -0.05) is 18.2 Å². The number of aromatic amines is 1. The Labute approximate surface area is 173 Å². The molecule has 2 aromatic heterocycles. The van der Waals surface area contributed by atoms with Gasteiger partial charge < -0.3 is 14.5 Å². The van der Waals surface area contributed by atoms with Gasteiger partial charge in [-0.05, 0) is 45.4 Å². The van der Waals surface area contributed by atoms with E-state index in [0.717, 1.165) is 5.69 Å². The number of carbonyl (C=O) groups excluding carboxylic acids is 3. The first-order valence-corrected chi connectivity index (χ1v) is 9.39. The molecule has 8 nitrogen and oxygen atoms in total. The summed E-state index contributed by atoms with van der Waals surface area (Å²) in [5.74, 6) is -1.62. The van der Waals surface area contributed by atoms with Gasteiger partial charge in [0.1, 0.15) is 5.56 Å². The molecule has 0 fully saturated rings. The number of ether oxygens (including phenoxy) is 2. The number of rotatable bonds is 6. The standard InChI is InChI=1S/C22H23N3O5/c1-12-18(22(28)29-5)13(2)24-19(12)20(26)15(4)30-21(27)17-11-23-25(14(17)3)16-9-7-6-8-10-16/h6-11,15,24H,1-5H3/t15-/m1/s1. The molecular formula is C22H23N3O5. The maximum absolute atomic E-state index is 12.8. The minimum atomic E-state index is -1.06. The number of ketones is 1. The van der Waals surface area contributed by atoms with Crippen LogP contribution in [0.4, 0.5) is 0 Å². The van der Waals surface area contributed by atoms with Crippen molar-refractivity contribution >= 4 is 17.7 Å². The van der Waals surface area contributed by atoms with Crippen LogP contribution in [0, 0.1) is 20.8 Å². The molecular weight excluding hydrogens is 386 g/mol. The zero-order valence-electron chi connectivity index (χ0n) is 17.5. The van der Waals surface area contributed by atoms with Gasteiger partial charge in [0.2, 0.25) is 5.78 Å². The van der Waals surface area contributed by atoms with Crippen LogP contribution < -0.4 is 0 Å². The van der Waals surface area contributed by atoms with Crippen LogP contribution in [0.25, 0.3) is 5.69 Å². The summed E-state index contributed by atoms with van der Waals surface area (Å²) in [6.45, 7) is 6.56. The topological polar surface area (TPSA) is 103 Å². The van der Waals surface area contributed by atoms with E-state index in [4.69, 9.17) is 9.47 Å². The number of methoxy groups -OCH3 is 1. The van der Waals surface area contributed by atoms with Crippen molar-refractivity contribution in [3.8, 4) is 5.69 Å². The monoisotopic (exact) mass is 409 g/mol. The van der Waals surface area contributed by atoms with Crippen molar-refractivity contribution in [2.45, 2.75) is 33.8 Å². The van der Waals surface area contributed by atoms with E-state index >= 15 is 0 Å². The Bertz CT molecular complexity index is 1110. The summed E-state index contributed by atoms with van der Waals surface area (Å²) >= 11 is 0. The summed E-state index contributed by atoms with van der Waals surface area (Å²) in [4.78, 5) is 40.3. The smallest absolute Gasteiger partial charge is 0.342 e. The molecule has 1 aromatic carbocycles. The fourth-order valence-corrected chi connectivity index (χ4v) is 3.32. The molecule has 0 bridgehead atoms. The van der Waals surface area contributed by atoms with Gasteiger partial charge in [-0.15, -0.1) is 0 Å². The van der Waals surface area contributed by atoms with E-state index in [9.17, 15) is 14.4 Å². The number of para-hydroxylation sites is 1. The molecule has 30 heavy (non-hydrogen) atoms. The van der Waals surface area contributed by atoms with Crippen LogP contribution in [0.5, 0.6) is 0 Å². The van der Waals surface area contributed by atoms with Crippen molar-refractivity contribution in [2.75, 3.05) is 7.11 Å². The Morgan fingerprint density at radius 3 is 2.37 bits per heavy atom. The summed E-state index contributed by atoms with van der Waals surface area (Å²) in [6.07, 6.45) is 0.362.